The van der Waals surface area contributed by atoms with Gasteiger partial charge in [-0.05, 0) is 49.4 Å². The summed E-state index contributed by atoms with van der Waals surface area (Å²) in [6.45, 7) is 2.98. The van der Waals surface area contributed by atoms with Crippen LogP contribution in [0.1, 0.15) is 12.0 Å². The minimum atomic E-state index is -4.71. The van der Waals surface area contributed by atoms with E-state index in [0.29, 0.717) is 18.3 Å². The molecule has 3 rings (SSSR count). The van der Waals surface area contributed by atoms with Gasteiger partial charge >= 0.3 is 6.18 Å². The van der Waals surface area contributed by atoms with Crippen molar-refractivity contribution in [3.05, 3.63) is 48.0 Å². The molecule has 3 N–H and O–H groups in total. The van der Waals surface area contributed by atoms with Crippen LogP contribution in [0.25, 0.3) is 0 Å². The van der Waals surface area contributed by atoms with E-state index < -0.39 is 36.7 Å². The monoisotopic (exact) mass is 528 g/mol. The Balaban J connectivity index is 0.00000385. The van der Waals surface area contributed by atoms with E-state index in [1.807, 2.05) is 4.90 Å². The molecule has 0 bridgehead atoms. The summed E-state index contributed by atoms with van der Waals surface area (Å²) in [4.78, 5) is 1.43. The molecule has 1 fully saturated rings. The average molecular weight is 529 g/mol. The second-order valence-corrected chi connectivity index (χ2v) is 10.8. The van der Waals surface area contributed by atoms with Gasteiger partial charge in [-0.1, -0.05) is 6.07 Å². The van der Waals surface area contributed by atoms with E-state index >= 15 is 0 Å². The topological polar surface area (TPSA) is 108 Å². The molecule has 0 radical (unpaired) electrons. The van der Waals surface area contributed by atoms with Crippen molar-refractivity contribution in [3.63, 3.8) is 0 Å². The Bertz CT molecular complexity index is 1180. The normalized spacial score (nSPS) is 15.3. The third-order valence-corrected chi connectivity index (χ3v) is 6.67. The van der Waals surface area contributed by atoms with Crippen LogP contribution in [0.2, 0.25) is 0 Å². The summed E-state index contributed by atoms with van der Waals surface area (Å²) in [5, 5.41) is 3.25. The van der Waals surface area contributed by atoms with Crippen molar-refractivity contribution in [2.24, 2.45) is 0 Å². The van der Waals surface area contributed by atoms with Crippen LogP contribution in [0.15, 0.2) is 47.4 Å². The molecule has 0 amide bonds. The van der Waals surface area contributed by atoms with E-state index in [9.17, 15) is 30.0 Å². The highest BCUT2D eigenvalue weighted by atomic mass is 35.5. The first-order valence-corrected chi connectivity index (χ1v) is 13.0. The highest BCUT2D eigenvalue weighted by Gasteiger charge is 2.32. The lowest BCUT2D eigenvalue weighted by Gasteiger charge is -2.24. The molecule has 2 aromatic carbocycles. The predicted molar refractivity (Wildman–Crippen MR) is 124 cm³/mol. The number of hydrogen-bond donors (Lipinski definition) is 3. The maximum atomic E-state index is 13.0. The van der Waals surface area contributed by atoms with E-state index in [-0.39, 0.29) is 23.8 Å². The van der Waals surface area contributed by atoms with Crippen LogP contribution in [0, 0.1) is 0 Å². The first-order chi connectivity index (χ1) is 14.9. The summed E-state index contributed by atoms with van der Waals surface area (Å²) in [6, 6.07) is 7.81. The average Bonchev–Trinajstić information content (AvgIpc) is 2.97. The fourth-order valence-electron chi connectivity index (χ4n) is 3.25. The molecule has 184 valence electrons. The maximum Gasteiger partial charge on any atom is 0.416 e. The Morgan fingerprint density at radius 1 is 0.939 bits per heavy atom. The molecule has 0 spiro atoms. The molecule has 1 heterocycles. The lowest BCUT2D eigenvalue weighted by molar-refractivity contribution is -0.137. The molecule has 0 unspecified atom stereocenters. The standard InChI is InChI=1S/C19H23F3N4O4S2.ClH/c1-31(27,28)24-18-13-15(26-10-3-8-23-9-11-26)6-7-17(18)25-32(29,30)16-5-2-4-14(12-16)19(20,21)22;/h2,4-7,12-13,23-25H,3,8-11H2,1H3;1H. The Hall–Kier alpha value is -2.22. The zero-order valence-corrected chi connectivity index (χ0v) is 20.0. The van der Waals surface area contributed by atoms with E-state index in [0.717, 1.165) is 50.5 Å². The van der Waals surface area contributed by atoms with Crippen molar-refractivity contribution in [2.75, 3.05) is 46.8 Å². The lowest BCUT2D eigenvalue weighted by Crippen LogP contribution is -2.28. The van der Waals surface area contributed by atoms with Crippen LogP contribution in [-0.2, 0) is 26.2 Å². The van der Waals surface area contributed by atoms with E-state index in [4.69, 9.17) is 0 Å². The number of nitrogens with one attached hydrogen (secondary N) is 3. The smallest absolute Gasteiger partial charge is 0.370 e. The Morgan fingerprint density at radius 3 is 2.33 bits per heavy atom. The summed E-state index contributed by atoms with van der Waals surface area (Å²) in [6.07, 6.45) is -2.92. The van der Waals surface area contributed by atoms with Crippen LogP contribution in [0.5, 0.6) is 0 Å². The minimum absolute atomic E-state index is 0. The summed E-state index contributed by atoms with van der Waals surface area (Å²) >= 11 is 0. The number of hydrogen-bond acceptors (Lipinski definition) is 6. The second kappa shape index (κ2) is 10.4. The zero-order chi connectivity index (χ0) is 23.6. The van der Waals surface area contributed by atoms with Crippen molar-refractivity contribution in [1.29, 1.82) is 0 Å². The first-order valence-electron chi connectivity index (χ1n) is 9.63. The largest absolute Gasteiger partial charge is 0.416 e. The van der Waals surface area contributed by atoms with Crippen molar-refractivity contribution in [2.45, 2.75) is 17.5 Å². The Kier molecular flexibility index (Phi) is 8.49. The summed E-state index contributed by atoms with van der Waals surface area (Å²) in [5.74, 6) is 0. The molecule has 1 aliphatic heterocycles. The molecule has 2 aromatic rings. The summed E-state index contributed by atoms with van der Waals surface area (Å²) in [5.41, 5.74) is -0.566. The number of rotatable bonds is 6. The third-order valence-electron chi connectivity index (χ3n) is 4.72. The van der Waals surface area contributed by atoms with Gasteiger partial charge in [0.05, 0.1) is 28.1 Å². The van der Waals surface area contributed by atoms with Crippen LogP contribution >= 0.6 is 12.4 Å². The van der Waals surface area contributed by atoms with Crippen LogP contribution in [-0.4, -0.2) is 49.3 Å². The number of benzene rings is 2. The van der Waals surface area contributed by atoms with Gasteiger partial charge in [-0.15, -0.1) is 12.4 Å². The van der Waals surface area contributed by atoms with Crippen molar-refractivity contribution < 1.29 is 30.0 Å². The molecular formula is C19H24ClF3N4O4S2. The molecule has 1 aliphatic rings. The molecule has 0 aliphatic carbocycles. The van der Waals surface area contributed by atoms with Gasteiger partial charge in [0.15, 0.2) is 0 Å². The Labute approximate surface area is 197 Å². The van der Waals surface area contributed by atoms with E-state index in [2.05, 4.69) is 14.8 Å². The molecule has 33 heavy (non-hydrogen) atoms. The highest BCUT2D eigenvalue weighted by Crippen LogP contribution is 2.33. The third kappa shape index (κ3) is 7.39. The summed E-state index contributed by atoms with van der Waals surface area (Å²) < 4.78 is 92.6. The van der Waals surface area contributed by atoms with Gasteiger partial charge in [-0.2, -0.15) is 13.2 Å². The molecule has 14 heteroatoms. The number of sulfonamides is 2. The van der Waals surface area contributed by atoms with Crippen molar-refractivity contribution in [1.82, 2.24) is 5.32 Å². The first kappa shape index (κ1) is 27.0. The maximum absolute atomic E-state index is 13.0. The fourth-order valence-corrected chi connectivity index (χ4v) is 4.94. The van der Waals surface area contributed by atoms with Gasteiger partial charge in [-0.25, -0.2) is 16.8 Å². The van der Waals surface area contributed by atoms with Crippen molar-refractivity contribution >= 4 is 49.5 Å². The van der Waals surface area contributed by atoms with Gasteiger partial charge in [-0.3, -0.25) is 9.44 Å². The van der Waals surface area contributed by atoms with E-state index in [1.165, 1.54) is 12.1 Å². The molecule has 0 aromatic heterocycles. The van der Waals surface area contributed by atoms with Gasteiger partial charge in [0.2, 0.25) is 10.0 Å². The zero-order valence-electron chi connectivity index (χ0n) is 17.5. The molecule has 0 saturated carbocycles. The van der Waals surface area contributed by atoms with Gasteiger partial charge in [0.25, 0.3) is 10.0 Å². The van der Waals surface area contributed by atoms with Gasteiger partial charge < -0.3 is 10.2 Å². The number of anilines is 3. The van der Waals surface area contributed by atoms with Crippen molar-refractivity contribution in [3.8, 4) is 0 Å². The van der Waals surface area contributed by atoms with Gasteiger partial charge in [0, 0.05) is 25.3 Å². The van der Waals surface area contributed by atoms with Crippen LogP contribution in [0.3, 0.4) is 0 Å². The molecule has 1 saturated heterocycles. The Morgan fingerprint density at radius 2 is 1.67 bits per heavy atom. The molecule has 0 atom stereocenters. The van der Waals surface area contributed by atoms with E-state index in [1.54, 1.807) is 6.07 Å². The van der Waals surface area contributed by atoms with Gasteiger partial charge in [0.1, 0.15) is 0 Å². The quantitative estimate of drug-likeness (QED) is 0.532. The minimum Gasteiger partial charge on any atom is -0.370 e. The van der Waals surface area contributed by atoms with Crippen LogP contribution in [0.4, 0.5) is 30.2 Å². The lowest BCUT2D eigenvalue weighted by atomic mass is 10.2. The fraction of sp³-hybridized carbons (Fsp3) is 0.368. The second-order valence-electron chi connectivity index (χ2n) is 7.33. The number of alkyl halides is 3. The summed E-state index contributed by atoms with van der Waals surface area (Å²) in [7, 11) is -8.19. The predicted octanol–water partition coefficient (Wildman–Crippen LogP) is 3.10. The highest BCUT2D eigenvalue weighted by molar-refractivity contribution is 7.93. The number of halogens is 4. The SMILES string of the molecule is CS(=O)(=O)Nc1cc(N2CCCNCC2)ccc1NS(=O)(=O)c1cccc(C(F)(F)F)c1.Cl. The molecular weight excluding hydrogens is 505 g/mol. The number of nitrogens with zero attached hydrogens (tertiary/aromatic N) is 1. The molecule has 8 nitrogen and oxygen atoms in total. The van der Waals surface area contributed by atoms with Crippen LogP contribution < -0.4 is 19.7 Å².